The van der Waals surface area contributed by atoms with Crippen molar-refractivity contribution < 1.29 is 13.7 Å². The molecule has 6 aromatic rings. The van der Waals surface area contributed by atoms with E-state index in [0.29, 0.717) is 0 Å². The summed E-state index contributed by atoms with van der Waals surface area (Å²) in [7, 11) is 6.23. The Morgan fingerprint density at radius 1 is 0.536 bits per heavy atom. The molecule has 2 N–H and O–H groups in total. The largest absolute Gasteiger partial charge is 0.354 e. The molecule has 0 aromatic carbocycles. The highest BCUT2D eigenvalue weighted by Crippen LogP contribution is 2.37. The second-order valence-electron chi connectivity index (χ2n) is 14.5. The molecule has 8 bridgehead atoms. The fraction of sp³-hybridized carbons (Fsp3) is 0.273. The molecule has 0 amide bonds. The Bertz CT molecular complexity index is 2820. The summed E-state index contributed by atoms with van der Waals surface area (Å²) in [6.45, 7) is 12.1. The van der Waals surface area contributed by atoms with Crippen LogP contribution in [0.4, 0.5) is 0 Å². The first-order valence-electron chi connectivity index (χ1n) is 19.5. The van der Waals surface area contributed by atoms with Crippen molar-refractivity contribution in [1.82, 2.24) is 38.5 Å². The van der Waals surface area contributed by atoms with Crippen molar-refractivity contribution in [2.24, 2.45) is 21.1 Å². The molecule has 0 aliphatic carbocycles. The first-order chi connectivity index (χ1) is 27.2. The van der Waals surface area contributed by atoms with E-state index in [1.807, 2.05) is 0 Å². The molecule has 0 fully saturated rings. The molecule has 284 valence electrons. The van der Waals surface area contributed by atoms with E-state index in [4.69, 9.17) is 9.97 Å². The van der Waals surface area contributed by atoms with Gasteiger partial charge in [-0.25, -0.2) is 37.4 Å². The lowest BCUT2D eigenvalue weighted by Crippen LogP contribution is -2.29. The number of hydrogen-bond acceptors (Lipinski definition) is 3. The SMILES string of the molecule is CCN1C=CS(C)=C1c1c2nc(c(-c3n(CC)cc[n+]3C)c3ccc([nH]3)c(-c3n(CC)cc[n+]3C)c3nc(c(-c4n(CC)cc[n+]4C)c4ccc1[nH]4)C=C3)C=C2. The van der Waals surface area contributed by atoms with E-state index < -0.39 is 0 Å². The number of aryl methyl sites for hydroxylation is 6. The van der Waals surface area contributed by atoms with Gasteiger partial charge in [-0.15, -0.1) is 10.5 Å². The molecule has 11 nitrogen and oxygen atoms in total. The number of aromatic nitrogens is 10. The molecular formula is C44H50N11S+3. The molecule has 1 unspecified atom stereocenters. The first-order valence-corrected chi connectivity index (χ1v) is 21.2. The summed E-state index contributed by atoms with van der Waals surface area (Å²) in [5.41, 5.74) is 11.9. The maximum Gasteiger partial charge on any atom is 0.292 e. The van der Waals surface area contributed by atoms with Gasteiger partial charge >= 0.3 is 0 Å². The van der Waals surface area contributed by atoms with Crippen molar-refractivity contribution in [3.05, 3.63) is 101 Å². The number of nitrogens with one attached hydrogen (secondary N) is 2. The fourth-order valence-corrected chi connectivity index (χ4v) is 10.0. The maximum absolute atomic E-state index is 5.57. The van der Waals surface area contributed by atoms with E-state index in [2.05, 4.69) is 195 Å². The predicted molar refractivity (Wildman–Crippen MR) is 229 cm³/mol. The number of nitrogens with zero attached hydrogens (tertiary/aromatic N) is 9. The van der Waals surface area contributed by atoms with E-state index in [-0.39, 0.29) is 10.5 Å². The zero-order chi connectivity index (χ0) is 38.8. The Morgan fingerprint density at radius 2 is 0.893 bits per heavy atom. The lowest BCUT2D eigenvalue weighted by molar-refractivity contribution is -0.659. The highest BCUT2D eigenvalue weighted by Gasteiger charge is 2.30. The number of rotatable bonds is 8. The Labute approximate surface area is 329 Å². The minimum absolute atomic E-state index is 0.120. The minimum Gasteiger partial charge on any atom is -0.354 e. The van der Waals surface area contributed by atoms with E-state index in [9.17, 15) is 0 Å². The van der Waals surface area contributed by atoms with Gasteiger partial charge in [-0.1, -0.05) is 0 Å². The second kappa shape index (κ2) is 13.9. The van der Waals surface area contributed by atoms with E-state index in [1.54, 1.807) is 0 Å². The average molecular weight is 765 g/mol. The number of hydrogen-bond donors (Lipinski definition) is 2. The average Bonchev–Trinajstić information content (AvgIpc) is 4.06. The minimum atomic E-state index is -0.120. The Morgan fingerprint density at radius 3 is 1.25 bits per heavy atom. The van der Waals surface area contributed by atoms with Gasteiger partial charge in [0.05, 0.1) is 96.2 Å². The lowest BCUT2D eigenvalue weighted by Gasteiger charge is -2.20. The summed E-state index contributed by atoms with van der Waals surface area (Å²) in [5.74, 6) is 3.24. The van der Waals surface area contributed by atoms with Gasteiger partial charge in [-0.2, -0.15) is 0 Å². The van der Waals surface area contributed by atoms with Gasteiger partial charge in [0.25, 0.3) is 17.5 Å². The Balaban J connectivity index is 1.52. The van der Waals surface area contributed by atoms with Crippen LogP contribution in [-0.4, -0.2) is 56.3 Å². The summed E-state index contributed by atoms with van der Waals surface area (Å²) in [6, 6.07) is 8.86. The van der Waals surface area contributed by atoms with E-state index >= 15 is 0 Å². The first kappa shape index (κ1) is 35.7. The summed E-state index contributed by atoms with van der Waals surface area (Å²) < 4.78 is 13.5. The molecular weight excluding hydrogens is 715 g/mol. The molecule has 12 heteroatoms. The molecule has 9 heterocycles. The van der Waals surface area contributed by atoms with Crippen LogP contribution in [0.3, 0.4) is 0 Å². The number of imidazole rings is 3. The van der Waals surface area contributed by atoms with Crippen LogP contribution in [0.2, 0.25) is 0 Å². The third-order valence-corrected chi connectivity index (χ3v) is 12.8. The molecule has 0 saturated heterocycles. The number of H-pyrrole nitrogens is 2. The van der Waals surface area contributed by atoms with Gasteiger partial charge in [-0.3, -0.25) is 0 Å². The van der Waals surface area contributed by atoms with Crippen LogP contribution in [-0.2, 0) is 40.8 Å². The van der Waals surface area contributed by atoms with Crippen molar-refractivity contribution in [3.63, 3.8) is 0 Å². The lowest BCUT2D eigenvalue weighted by atomic mass is 10.1. The van der Waals surface area contributed by atoms with Crippen LogP contribution in [0, 0.1) is 0 Å². The smallest absolute Gasteiger partial charge is 0.292 e. The maximum atomic E-state index is 5.57. The van der Waals surface area contributed by atoms with Crippen molar-refractivity contribution in [1.29, 1.82) is 0 Å². The zero-order valence-corrected chi connectivity index (χ0v) is 34.3. The monoisotopic (exact) mass is 764 g/mol. The predicted octanol–water partition coefficient (Wildman–Crippen LogP) is 6.78. The third kappa shape index (κ3) is 5.57. The second-order valence-corrected chi connectivity index (χ2v) is 16.3. The van der Waals surface area contributed by atoms with Gasteiger partial charge in [0, 0.05) is 12.7 Å². The van der Waals surface area contributed by atoms with Crippen molar-refractivity contribution in [2.75, 3.05) is 12.8 Å². The molecule has 0 radical (unpaired) electrons. The molecule has 6 aromatic heterocycles. The fourth-order valence-electron chi connectivity index (χ4n) is 8.47. The summed E-state index contributed by atoms with van der Waals surface area (Å²) in [5, 5.41) is 2.31. The van der Waals surface area contributed by atoms with Crippen molar-refractivity contribution in [3.8, 4) is 34.2 Å². The van der Waals surface area contributed by atoms with Gasteiger partial charge in [0.15, 0.2) is 0 Å². The van der Waals surface area contributed by atoms with Crippen LogP contribution in [0.25, 0.3) is 80.5 Å². The highest BCUT2D eigenvalue weighted by atomic mass is 32.2. The van der Waals surface area contributed by atoms with Gasteiger partial charge in [0.1, 0.15) is 53.9 Å². The Kier molecular flexibility index (Phi) is 8.88. The summed E-state index contributed by atoms with van der Waals surface area (Å²) in [4.78, 5) is 22.6. The summed E-state index contributed by atoms with van der Waals surface area (Å²) in [6.07, 6.45) is 26.1. The normalized spacial score (nSPS) is 15.0. The van der Waals surface area contributed by atoms with Crippen LogP contribution in [0.15, 0.2) is 73.1 Å². The Hall–Kier alpha value is -6.01. The molecule has 3 aliphatic rings. The third-order valence-electron chi connectivity index (χ3n) is 11.2. The molecule has 1 atom stereocenters. The van der Waals surface area contributed by atoms with E-state index in [0.717, 1.165) is 111 Å². The zero-order valence-electron chi connectivity index (χ0n) is 33.5. The standard InChI is InChI=1S/C44H49N11S/c1-9-52-24-21-49(5)41(52)37-29-13-15-31(45-29)38(42-50(6)22-25-53(42)10-2)33-17-19-35(47-33)40(44-55(12-4)27-28-56(44)8)36-20-18-34(48-36)39(32-16-14-30(37)46-32)43-51(7)23-26-54(43)11-3/h13-28H,9-12H2,1-8H3,(H,45,46,47,48)/q+2/p+1. The molecule has 0 saturated carbocycles. The van der Waals surface area contributed by atoms with Crippen molar-refractivity contribution in [2.45, 2.75) is 47.3 Å². The summed E-state index contributed by atoms with van der Waals surface area (Å²) >= 11 is 0. The molecule has 9 rings (SSSR count). The van der Waals surface area contributed by atoms with E-state index in [1.165, 1.54) is 4.99 Å². The number of aromatic amines is 2. The van der Waals surface area contributed by atoms with Gasteiger partial charge in [0.2, 0.25) is 0 Å². The number of fused-ring (bicyclic) bond motifs is 8. The van der Waals surface area contributed by atoms with Crippen LogP contribution in [0.1, 0.15) is 56.0 Å². The highest BCUT2D eigenvalue weighted by molar-refractivity contribution is 8.18. The van der Waals surface area contributed by atoms with Gasteiger partial charge < -0.3 is 14.9 Å². The van der Waals surface area contributed by atoms with Crippen molar-refractivity contribution >= 4 is 61.8 Å². The van der Waals surface area contributed by atoms with Crippen LogP contribution >= 0.6 is 10.5 Å². The molecule has 0 spiro atoms. The topological polar surface area (TPSA) is 87.0 Å². The van der Waals surface area contributed by atoms with Gasteiger partial charge in [-0.05, 0) is 87.9 Å². The van der Waals surface area contributed by atoms with Crippen LogP contribution in [0.5, 0.6) is 0 Å². The quantitative estimate of drug-likeness (QED) is 0.132. The molecule has 56 heavy (non-hydrogen) atoms. The van der Waals surface area contributed by atoms with Crippen LogP contribution < -0.4 is 13.7 Å². The molecule has 3 aliphatic heterocycles.